The zero-order chi connectivity index (χ0) is 18.0. The maximum Gasteiger partial charge on any atom is 0.186 e. The number of thiazole rings is 1. The number of hydrazine groups is 1. The molecule has 3 heterocycles. The van der Waals surface area contributed by atoms with Crippen molar-refractivity contribution in [3.63, 3.8) is 0 Å². The number of anilines is 2. The van der Waals surface area contributed by atoms with Gasteiger partial charge in [-0.05, 0) is 25.8 Å². The van der Waals surface area contributed by atoms with Crippen LogP contribution in [0.3, 0.4) is 0 Å². The highest BCUT2D eigenvalue weighted by Crippen LogP contribution is 2.40. The smallest absolute Gasteiger partial charge is 0.186 e. The number of nitrogen functional groups attached to an aromatic ring is 1. The maximum absolute atomic E-state index is 5.75. The summed E-state index contributed by atoms with van der Waals surface area (Å²) in [5, 5.41) is 8.99. The van der Waals surface area contributed by atoms with E-state index >= 15 is 0 Å². The summed E-state index contributed by atoms with van der Waals surface area (Å²) < 4.78 is 1.83. The van der Waals surface area contributed by atoms with Gasteiger partial charge in [0, 0.05) is 31.6 Å². The van der Waals surface area contributed by atoms with Gasteiger partial charge < -0.3 is 5.73 Å². The molecule has 1 fully saturated rings. The number of nitrogens with two attached hydrogens (primary N) is 2. The van der Waals surface area contributed by atoms with Gasteiger partial charge >= 0.3 is 0 Å². The Hall–Kier alpha value is -2.52. The number of hydrogen-bond donors (Lipinski definition) is 2. The van der Waals surface area contributed by atoms with Crippen LogP contribution in [-0.4, -0.2) is 31.8 Å². The molecule has 0 bridgehead atoms. The van der Waals surface area contributed by atoms with Gasteiger partial charge in [-0.25, -0.2) is 15.8 Å². The minimum atomic E-state index is 0.318. The normalized spacial score (nSPS) is 13.3. The lowest BCUT2D eigenvalue weighted by Gasteiger charge is -2.13. The zero-order valence-corrected chi connectivity index (χ0v) is 15.4. The van der Waals surface area contributed by atoms with Gasteiger partial charge in [0.2, 0.25) is 0 Å². The number of aromatic nitrogens is 5. The summed E-state index contributed by atoms with van der Waals surface area (Å²) in [6.07, 6.45) is 5.90. The van der Waals surface area contributed by atoms with Crippen molar-refractivity contribution in [2.24, 2.45) is 12.9 Å². The van der Waals surface area contributed by atoms with Crippen molar-refractivity contribution < 1.29 is 0 Å². The fourth-order valence-corrected chi connectivity index (χ4v) is 2.81. The predicted octanol–water partition coefficient (Wildman–Crippen LogP) is 2.10. The van der Waals surface area contributed by atoms with Gasteiger partial charge in [-0.1, -0.05) is 0 Å². The monoisotopic (exact) mass is 358 g/mol. The van der Waals surface area contributed by atoms with Crippen LogP contribution in [0.5, 0.6) is 0 Å². The Balaban J connectivity index is 0.000000258. The molecule has 9 heteroatoms. The van der Waals surface area contributed by atoms with Crippen molar-refractivity contribution in [3.05, 3.63) is 34.5 Å². The summed E-state index contributed by atoms with van der Waals surface area (Å²) in [6.45, 7) is 1.99. The van der Waals surface area contributed by atoms with Crippen LogP contribution in [0.1, 0.15) is 29.5 Å². The highest BCUT2D eigenvalue weighted by atomic mass is 32.1. The highest BCUT2D eigenvalue weighted by Gasteiger charge is 2.27. The highest BCUT2D eigenvalue weighted by molar-refractivity contribution is 7.09. The van der Waals surface area contributed by atoms with Crippen LogP contribution in [0.25, 0.3) is 11.4 Å². The molecule has 3 aromatic heterocycles. The second-order valence-electron chi connectivity index (χ2n) is 5.98. The molecule has 0 radical (unpaired) electrons. The molecule has 0 amide bonds. The molecule has 1 saturated carbocycles. The number of hydrogen-bond acceptors (Lipinski definition) is 8. The molecule has 8 nitrogen and oxygen atoms in total. The summed E-state index contributed by atoms with van der Waals surface area (Å²) in [5.41, 5.74) is 8.53. The quantitative estimate of drug-likeness (QED) is 0.544. The lowest BCUT2D eigenvalue weighted by Crippen LogP contribution is -2.27. The van der Waals surface area contributed by atoms with E-state index in [1.54, 1.807) is 30.8 Å². The molecular formula is C16H22N8S. The van der Waals surface area contributed by atoms with Crippen LogP contribution in [0.4, 0.5) is 11.6 Å². The molecule has 25 heavy (non-hydrogen) atoms. The second kappa shape index (κ2) is 7.16. The molecule has 0 spiro atoms. The zero-order valence-electron chi connectivity index (χ0n) is 14.5. The number of nitrogens with zero attached hydrogens (tertiary/aromatic N) is 6. The predicted molar refractivity (Wildman–Crippen MR) is 100 cm³/mol. The van der Waals surface area contributed by atoms with Gasteiger partial charge in [-0.15, -0.1) is 11.3 Å². The Morgan fingerprint density at radius 3 is 2.60 bits per heavy atom. The van der Waals surface area contributed by atoms with Crippen molar-refractivity contribution in [2.45, 2.75) is 25.7 Å². The molecule has 0 aromatic carbocycles. The third kappa shape index (κ3) is 4.12. The van der Waals surface area contributed by atoms with Crippen molar-refractivity contribution in [1.82, 2.24) is 24.7 Å². The van der Waals surface area contributed by atoms with Crippen LogP contribution < -0.4 is 16.6 Å². The second-order valence-corrected chi connectivity index (χ2v) is 7.08. The summed E-state index contributed by atoms with van der Waals surface area (Å²) in [7, 11) is 3.59. The minimum Gasteiger partial charge on any atom is -0.381 e. The maximum atomic E-state index is 5.75. The van der Waals surface area contributed by atoms with Gasteiger partial charge in [0.1, 0.15) is 5.69 Å². The van der Waals surface area contributed by atoms with Crippen molar-refractivity contribution in [3.8, 4) is 11.4 Å². The molecule has 3 aromatic rings. The molecule has 0 saturated heterocycles. The lowest BCUT2D eigenvalue weighted by molar-refractivity contribution is 0.748. The van der Waals surface area contributed by atoms with E-state index in [0.29, 0.717) is 17.6 Å². The third-order valence-corrected chi connectivity index (χ3v) is 4.53. The fourth-order valence-electron chi connectivity index (χ4n) is 2.37. The molecule has 1 aliphatic carbocycles. The van der Waals surface area contributed by atoms with E-state index in [9.17, 15) is 0 Å². The SMILES string of the molecule is CN(N)c1nc(-c2cc(C3CC3)nn2C)cnc1N.Cc1nccs1. The van der Waals surface area contributed by atoms with E-state index < -0.39 is 0 Å². The first kappa shape index (κ1) is 17.3. The van der Waals surface area contributed by atoms with Gasteiger partial charge in [0.15, 0.2) is 11.6 Å². The Morgan fingerprint density at radius 2 is 2.08 bits per heavy atom. The standard InChI is InChI=1S/C12H17N7.C4H5NS/c1-18(14)12-11(13)15-6-9(16-12)10-5-8(7-3-4-7)17-19(10)2;1-4-5-2-3-6-4/h5-7H,3-4,14H2,1-2H3,(H2,13,15);2-3H,1H3. The Kier molecular flexibility index (Phi) is 4.95. The molecule has 1 aliphatic rings. The third-order valence-electron chi connectivity index (χ3n) is 3.83. The summed E-state index contributed by atoms with van der Waals surface area (Å²) in [5.74, 6) is 7.08. The molecule has 4 rings (SSSR count). The molecule has 4 N–H and O–H groups in total. The molecular weight excluding hydrogens is 336 g/mol. The summed E-state index contributed by atoms with van der Waals surface area (Å²) >= 11 is 1.67. The van der Waals surface area contributed by atoms with Crippen LogP contribution >= 0.6 is 11.3 Å². The molecule has 0 aliphatic heterocycles. The van der Waals surface area contributed by atoms with Gasteiger partial charge in [-0.3, -0.25) is 14.7 Å². The molecule has 132 valence electrons. The van der Waals surface area contributed by atoms with E-state index in [1.165, 1.54) is 17.9 Å². The topological polar surface area (TPSA) is 112 Å². The van der Waals surface area contributed by atoms with Gasteiger partial charge in [0.05, 0.1) is 22.6 Å². The Bertz CT molecular complexity index is 836. The van der Waals surface area contributed by atoms with E-state index in [-0.39, 0.29) is 0 Å². The Morgan fingerprint density at radius 1 is 1.32 bits per heavy atom. The molecule has 0 atom stereocenters. The first-order valence-corrected chi connectivity index (χ1v) is 8.85. The van der Waals surface area contributed by atoms with E-state index in [0.717, 1.165) is 22.1 Å². The van der Waals surface area contributed by atoms with Crippen LogP contribution in [0.2, 0.25) is 0 Å². The largest absolute Gasteiger partial charge is 0.381 e. The first-order chi connectivity index (χ1) is 12.0. The van der Waals surface area contributed by atoms with Crippen molar-refractivity contribution >= 4 is 23.0 Å². The van der Waals surface area contributed by atoms with Crippen molar-refractivity contribution in [2.75, 3.05) is 17.8 Å². The van der Waals surface area contributed by atoms with E-state index in [1.807, 2.05) is 24.0 Å². The summed E-state index contributed by atoms with van der Waals surface area (Å²) in [4.78, 5) is 12.5. The minimum absolute atomic E-state index is 0.318. The summed E-state index contributed by atoms with van der Waals surface area (Å²) in [6, 6.07) is 2.07. The van der Waals surface area contributed by atoms with Crippen molar-refractivity contribution in [1.29, 1.82) is 0 Å². The molecule has 0 unspecified atom stereocenters. The van der Waals surface area contributed by atoms with Crippen LogP contribution in [-0.2, 0) is 7.05 Å². The lowest BCUT2D eigenvalue weighted by atomic mass is 10.2. The van der Waals surface area contributed by atoms with E-state index in [2.05, 4.69) is 26.1 Å². The number of rotatable bonds is 3. The fraction of sp³-hybridized carbons (Fsp3) is 0.375. The van der Waals surface area contributed by atoms with Gasteiger partial charge in [0.25, 0.3) is 0 Å². The first-order valence-electron chi connectivity index (χ1n) is 7.97. The number of aryl methyl sites for hydroxylation is 2. The van der Waals surface area contributed by atoms with E-state index in [4.69, 9.17) is 11.6 Å². The van der Waals surface area contributed by atoms with Crippen LogP contribution in [0, 0.1) is 6.92 Å². The van der Waals surface area contributed by atoms with Gasteiger partial charge in [-0.2, -0.15) is 5.10 Å². The average Bonchev–Trinajstić information content (AvgIpc) is 3.20. The Labute approximate surface area is 150 Å². The average molecular weight is 358 g/mol. The van der Waals surface area contributed by atoms with Crippen LogP contribution in [0.15, 0.2) is 23.8 Å².